The summed E-state index contributed by atoms with van der Waals surface area (Å²) in [5.74, 6) is -0.263. The van der Waals surface area contributed by atoms with Crippen molar-refractivity contribution in [2.24, 2.45) is 0 Å². The molecule has 0 atom stereocenters. The van der Waals surface area contributed by atoms with E-state index in [1.807, 2.05) is 36.6 Å². The number of rotatable bonds is 5. The Morgan fingerprint density at radius 2 is 1.91 bits per heavy atom. The number of benzene rings is 1. The number of pyridine rings is 1. The Labute approximate surface area is 141 Å². The first-order valence-electron chi connectivity index (χ1n) is 7.58. The fraction of sp³-hybridized carbons (Fsp3) is 0.412. The molecule has 23 heavy (non-hydrogen) atoms. The van der Waals surface area contributed by atoms with Gasteiger partial charge in [-0.3, -0.25) is 9.59 Å². The molecule has 1 amide bonds. The molecule has 2 rings (SSSR count). The molecule has 0 saturated carbocycles. The second-order valence-corrected chi connectivity index (χ2v) is 6.29. The van der Waals surface area contributed by atoms with Gasteiger partial charge in [-0.05, 0) is 39.2 Å². The number of aryl methyl sites for hydroxylation is 1. The number of carbonyl (C=O) groups excluding carboxylic acids is 1. The molecule has 0 N–H and O–H groups in total. The van der Waals surface area contributed by atoms with Gasteiger partial charge in [0, 0.05) is 43.3 Å². The highest BCUT2D eigenvalue weighted by Gasteiger charge is 2.18. The average molecular weight is 336 g/mol. The van der Waals surface area contributed by atoms with E-state index in [2.05, 4.69) is 0 Å². The normalized spacial score (nSPS) is 11.2. The van der Waals surface area contributed by atoms with E-state index < -0.39 is 0 Å². The molecular formula is C17H22ClN3O2. The number of hydrogen-bond acceptors (Lipinski definition) is 3. The van der Waals surface area contributed by atoms with E-state index in [-0.39, 0.29) is 16.9 Å². The Morgan fingerprint density at radius 1 is 1.22 bits per heavy atom. The van der Waals surface area contributed by atoms with Gasteiger partial charge in [-0.15, -0.1) is 0 Å². The number of likely N-dealkylation sites (N-methyl/N-ethyl adjacent to an activating group) is 2. The zero-order valence-electron chi connectivity index (χ0n) is 14.0. The zero-order valence-corrected chi connectivity index (χ0v) is 14.7. The van der Waals surface area contributed by atoms with E-state index in [0.717, 1.165) is 12.1 Å². The largest absolute Gasteiger partial charge is 0.347 e. The highest BCUT2D eigenvalue weighted by molar-refractivity contribution is 6.31. The molecule has 0 spiro atoms. The molecular weight excluding hydrogens is 314 g/mol. The van der Waals surface area contributed by atoms with Gasteiger partial charge in [-0.2, -0.15) is 0 Å². The van der Waals surface area contributed by atoms with Gasteiger partial charge in [-0.1, -0.05) is 11.6 Å². The van der Waals surface area contributed by atoms with Crippen molar-refractivity contribution in [3.8, 4) is 0 Å². The fourth-order valence-corrected chi connectivity index (χ4v) is 2.61. The third-order valence-corrected chi connectivity index (χ3v) is 4.08. The van der Waals surface area contributed by atoms with Gasteiger partial charge >= 0.3 is 0 Å². The van der Waals surface area contributed by atoms with Gasteiger partial charge in [-0.25, -0.2) is 0 Å². The van der Waals surface area contributed by atoms with Crippen molar-refractivity contribution in [1.82, 2.24) is 14.4 Å². The van der Waals surface area contributed by atoms with Crippen molar-refractivity contribution in [1.29, 1.82) is 0 Å². The van der Waals surface area contributed by atoms with Crippen LogP contribution in [0, 0.1) is 0 Å². The molecule has 1 heterocycles. The number of aromatic nitrogens is 1. The number of nitrogens with zero attached hydrogens (tertiary/aromatic N) is 3. The Bertz CT molecular complexity index is 783. The van der Waals surface area contributed by atoms with Crippen LogP contribution in [0.3, 0.4) is 0 Å². The summed E-state index contributed by atoms with van der Waals surface area (Å²) >= 11 is 6.02. The van der Waals surface area contributed by atoms with E-state index in [1.165, 1.54) is 0 Å². The highest BCUT2D eigenvalue weighted by Crippen LogP contribution is 2.18. The van der Waals surface area contributed by atoms with Crippen LogP contribution in [0.5, 0.6) is 0 Å². The predicted molar refractivity (Wildman–Crippen MR) is 94.4 cm³/mol. The molecule has 0 aliphatic heterocycles. The summed E-state index contributed by atoms with van der Waals surface area (Å²) in [6.45, 7) is 3.94. The maximum Gasteiger partial charge on any atom is 0.259 e. The molecule has 0 unspecified atom stereocenters. The van der Waals surface area contributed by atoms with Crippen molar-refractivity contribution < 1.29 is 4.79 Å². The van der Waals surface area contributed by atoms with E-state index >= 15 is 0 Å². The smallest absolute Gasteiger partial charge is 0.259 e. The van der Waals surface area contributed by atoms with E-state index in [9.17, 15) is 9.59 Å². The quantitative estimate of drug-likeness (QED) is 0.842. The lowest BCUT2D eigenvalue weighted by Gasteiger charge is -2.20. The standard InChI is InChI=1S/C17H22ClN3O2/c1-5-21-11-14(17(23)20(4)9-8-19(2)3)16(22)13-10-12(18)6-7-15(13)21/h6-7,10-11H,5,8-9H2,1-4H3. The van der Waals surface area contributed by atoms with Crippen LogP contribution in [0.15, 0.2) is 29.2 Å². The van der Waals surface area contributed by atoms with Crippen molar-refractivity contribution in [3.63, 3.8) is 0 Å². The van der Waals surface area contributed by atoms with Crippen molar-refractivity contribution in [3.05, 3.63) is 45.2 Å². The Kier molecular flexibility index (Phi) is 5.44. The van der Waals surface area contributed by atoms with Gasteiger partial charge in [0.1, 0.15) is 5.56 Å². The second-order valence-electron chi connectivity index (χ2n) is 5.85. The third kappa shape index (κ3) is 3.74. The molecule has 5 nitrogen and oxygen atoms in total. The summed E-state index contributed by atoms with van der Waals surface area (Å²) in [6.07, 6.45) is 1.65. The maximum absolute atomic E-state index is 12.7. The predicted octanol–water partition coefficient (Wildman–Crippen LogP) is 2.31. The second kappa shape index (κ2) is 7.15. The molecule has 1 aromatic carbocycles. The molecule has 6 heteroatoms. The van der Waals surface area contributed by atoms with E-state index in [0.29, 0.717) is 23.5 Å². The monoisotopic (exact) mass is 335 g/mol. The average Bonchev–Trinajstić information content (AvgIpc) is 2.52. The molecule has 0 saturated heterocycles. The van der Waals surface area contributed by atoms with Gasteiger partial charge in [0.05, 0.1) is 5.52 Å². The molecule has 2 aromatic rings. The van der Waals surface area contributed by atoms with Crippen LogP contribution in [0.25, 0.3) is 10.9 Å². The minimum absolute atomic E-state index is 0.183. The van der Waals surface area contributed by atoms with Crippen LogP contribution in [0.1, 0.15) is 17.3 Å². The molecule has 0 aliphatic carbocycles. The number of fused-ring (bicyclic) bond motifs is 1. The summed E-state index contributed by atoms with van der Waals surface area (Å²) in [6, 6.07) is 5.19. The van der Waals surface area contributed by atoms with Gasteiger partial charge in [0.2, 0.25) is 5.43 Å². The lowest BCUT2D eigenvalue weighted by Crippen LogP contribution is -2.36. The minimum Gasteiger partial charge on any atom is -0.347 e. The Hall–Kier alpha value is -1.85. The zero-order chi connectivity index (χ0) is 17.1. The van der Waals surface area contributed by atoms with Crippen molar-refractivity contribution in [2.45, 2.75) is 13.5 Å². The van der Waals surface area contributed by atoms with E-state index in [4.69, 9.17) is 11.6 Å². The molecule has 1 aromatic heterocycles. The molecule has 0 fully saturated rings. The highest BCUT2D eigenvalue weighted by atomic mass is 35.5. The van der Waals surface area contributed by atoms with E-state index in [1.54, 1.807) is 30.3 Å². The molecule has 0 bridgehead atoms. The van der Waals surface area contributed by atoms with Crippen molar-refractivity contribution >= 4 is 28.4 Å². The number of halogens is 1. The van der Waals surface area contributed by atoms with Crippen molar-refractivity contribution in [2.75, 3.05) is 34.2 Å². The fourth-order valence-electron chi connectivity index (χ4n) is 2.44. The van der Waals surface area contributed by atoms with Gasteiger partial charge in [0.15, 0.2) is 0 Å². The first-order valence-corrected chi connectivity index (χ1v) is 7.95. The molecule has 0 aliphatic rings. The van der Waals surface area contributed by atoms with Crippen LogP contribution >= 0.6 is 11.6 Å². The number of hydrogen-bond donors (Lipinski definition) is 0. The van der Waals surface area contributed by atoms with Gasteiger partial charge in [0.25, 0.3) is 5.91 Å². The topological polar surface area (TPSA) is 45.6 Å². The SMILES string of the molecule is CCn1cc(C(=O)N(C)CCN(C)C)c(=O)c2cc(Cl)ccc21. The minimum atomic E-state index is -0.270. The summed E-state index contributed by atoms with van der Waals surface area (Å²) in [5, 5.41) is 0.967. The number of amides is 1. The lowest BCUT2D eigenvalue weighted by molar-refractivity contribution is 0.0784. The maximum atomic E-state index is 12.7. The summed E-state index contributed by atoms with van der Waals surface area (Å²) in [4.78, 5) is 28.9. The third-order valence-electron chi connectivity index (χ3n) is 3.84. The molecule has 0 radical (unpaired) electrons. The van der Waals surface area contributed by atoms with Crippen LogP contribution < -0.4 is 5.43 Å². The summed E-state index contributed by atoms with van der Waals surface area (Å²) < 4.78 is 1.90. The van der Waals surface area contributed by atoms with Crippen LogP contribution in [-0.2, 0) is 6.54 Å². The van der Waals surface area contributed by atoms with Crippen LogP contribution in [0.4, 0.5) is 0 Å². The first-order chi connectivity index (χ1) is 10.8. The van der Waals surface area contributed by atoms with Gasteiger partial charge < -0.3 is 14.4 Å². The Morgan fingerprint density at radius 3 is 2.52 bits per heavy atom. The van der Waals surface area contributed by atoms with Crippen LogP contribution in [-0.4, -0.2) is 54.5 Å². The summed E-state index contributed by atoms with van der Waals surface area (Å²) in [5.41, 5.74) is 0.700. The number of carbonyl (C=O) groups is 1. The molecule has 124 valence electrons. The Balaban J connectivity index is 2.50. The lowest BCUT2D eigenvalue weighted by atomic mass is 10.1. The van der Waals surface area contributed by atoms with Crippen LogP contribution in [0.2, 0.25) is 5.02 Å². The first kappa shape index (κ1) is 17.5. The summed E-state index contributed by atoms with van der Waals surface area (Å²) in [7, 11) is 5.60.